The zero-order chi connectivity index (χ0) is 10.7. The summed E-state index contributed by atoms with van der Waals surface area (Å²) in [5.74, 6) is 0.783. The molecule has 0 radical (unpaired) electrons. The molecule has 2 rings (SSSR count). The number of hydrogen-bond donors (Lipinski definition) is 2. The van der Waals surface area contributed by atoms with E-state index in [1.54, 1.807) is 16.9 Å². The molecule has 1 aliphatic rings. The summed E-state index contributed by atoms with van der Waals surface area (Å²) in [6.07, 6.45) is 4.87. The van der Waals surface area contributed by atoms with Gasteiger partial charge >= 0.3 is 0 Å². The van der Waals surface area contributed by atoms with Crippen LogP contribution in [0.15, 0.2) is 12.3 Å². The molecule has 2 heterocycles. The molecule has 0 aliphatic carbocycles. The molecule has 5 heteroatoms. The zero-order valence-electron chi connectivity index (χ0n) is 8.86. The first-order chi connectivity index (χ1) is 7.27. The Hall–Kier alpha value is -1.36. The lowest BCUT2D eigenvalue weighted by atomic mass is 10.0. The molecule has 0 aromatic carbocycles. The van der Waals surface area contributed by atoms with Crippen LogP contribution in [-0.4, -0.2) is 28.3 Å². The number of amides is 1. The molecular weight excluding hydrogens is 192 g/mol. The highest BCUT2D eigenvalue weighted by molar-refractivity contribution is 5.94. The molecule has 1 aromatic rings. The van der Waals surface area contributed by atoms with Gasteiger partial charge in [0, 0.05) is 13.1 Å². The van der Waals surface area contributed by atoms with E-state index in [9.17, 15) is 4.79 Å². The number of anilines is 1. The Balaban J connectivity index is 1.94. The van der Waals surface area contributed by atoms with Gasteiger partial charge in [0.25, 0.3) is 0 Å². The Labute approximate surface area is 88.8 Å². The van der Waals surface area contributed by atoms with Gasteiger partial charge in [-0.25, -0.2) is 0 Å². The normalized spacial score (nSPS) is 21.3. The Kier molecular flexibility index (Phi) is 3.01. The summed E-state index contributed by atoms with van der Waals surface area (Å²) in [5, 5.41) is 10.1. The van der Waals surface area contributed by atoms with Crippen molar-refractivity contribution in [1.82, 2.24) is 15.1 Å². The fourth-order valence-electron chi connectivity index (χ4n) is 1.79. The fraction of sp³-hybridized carbons (Fsp3) is 0.600. The van der Waals surface area contributed by atoms with E-state index in [-0.39, 0.29) is 11.9 Å². The van der Waals surface area contributed by atoms with E-state index in [0.29, 0.717) is 0 Å². The van der Waals surface area contributed by atoms with Crippen LogP contribution in [0.25, 0.3) is 0 Å². The SMILES string of the molecule is Cn1nccc1NC(=O)[C@H]1CCCCN1. The van der Waals surface area contributed by atoms with Gasteiger partial charge < -0.3 is 10.6 Å². The number of rotatable bonds is 2. The van der Waals surface area contributed by atoms with Gasteiger partial charge in [0.2, 0.25) is 5.91 Å². The van der Waals surface area contributed by atoms with Crippen LogP contribution in [0.3, 0.4) is 0 Å². The second kappa shape index (κ2) is 4.44. The molecular formula is C10H16N4O. The first kappa shape index (κ1) is 10.2. The Morgan fingerprint density at radius 1 is 1.67 bits per heavy atom. The van der Waals surface area contributed by atoms with Crippen LogP contribution in [-0.2, 0) is 11.8 Å². The van der Waals surface area contributed by atoms with Gasteiger partial charge in [-0.1, -0.05) is 6.42 Å². The Bertz CT molecular complexity index is 341. The summed E-state index contributed by atoms with van der Waals surface area (Å²) in [6.45, 7) is 0.934. The van der Waals surface area contributed by atoms with E-state index in [0.717, 1.165) is 31.6 Å². The minimum absolute atomic E-state index is 0.0401. The first-order valence-corrected chi connectivity index (χ1v) is 5.29. The number of piperidine rings is 1. The van der Waals surface area contributed by atoms with Gasteiger partial charge in [0.15, 0.2) is 0 Å². The van der Waals surface area contributed by atoms with Gasteiger partial charge in [-0.05, 0) is 19.4 Å². The lowest BCUT2D eigenvalue weighted by molar-refractivity contribution is -0.118. The molecule has 1 aromatic heterocycles. The van der Waals surface area contributed by atoms with Gasteiger partial charge in [-0.15, -0.1) is 0 Å². The van der Waals surface area contributed by atoms with E-state index in [2.05, 4.69) is 15.7 Å². The lowest BCUT2D eigenvalue weighted by Gasteiger charge is -2.22. The maximum absolute atomic E-state index is 11.8. The molecule has 1 amide bonds. The predicted octanol–water partition coefficient (Wildman–Crippen LogP) is 0.501. The maximum Gasteiger partial charge on any atom is 0.242 e. The summed E-state index contributed by atoms with van der Waals surface area (Å²) in [6, 6.07) is 1.74. The van der Waals surface area contributed by atoms with Crippen LogP contribution in [0.2, 0.25) is 0 Å². The van der Waals surface area contributed by atoms with Crippen molar-refractivity contribution in [2.24, 2.45) is 7.05 Å². The van der Waals surface area contributed by atoms with Crippen LogP contribution < -0.4 is 10.6 Å². The molecule has 0 saturated carbocycles. The van der Waals surface area contributed by atoms with Gasteiger partial charge in [0.1, 0.15) is 5.82 Å². The smallest absolute Gasteiger partial charge is 0.242 e. The van der Waals surface area contributed by atoms with E-state index >= 15 is 0 Å². The number of nitrogens with one attached hydrogen (secondary N) is 2. The Morgan fingerprint density at radius 3 is 3.13 bits per heavy atom. The summed E-state index contributed by atoms with van der Waals surface area (Å²) < 4.78 is 1.65. The zero-order valence-corrected chi connectivity index (χ0v) is 8.86. The molecule has 1 atom stereocenters. The number of aromatic nitrogens is 2. The lowest BCUT2D eigenvalue weighted by Crippen LogP contribution is -2.43. The van der Waals surface area contributed by atoms with Crippen molar-refractivity contribution in [3.63, 3.8) is 0 Å². The Morgan fingerprint density at radius 2 is 2.53 bits per heavy atom. The fourth-order valence-corrected chi connectivity index (χ4v) is 1.79. The largest absolute Gasteiger partial charge is 0.310 e. The average Bonchev–Trinajstić information content (AvgIpc) is 2.66. The highest BCUT2D eigenvalue weighted by Crippen LogP contribution is 2.10. The summed E-state index contributed by atoms with van der Waals surface area (Å²) >= 11 is 0. The third-order valence-electron chi connectivity index (χ3n) is 2.70. The van der Waals surface area contributed by atoms with Crippen molar-refractivity contribution in [2.45, 2.75) is 25.3 Å². The molecule has 5 nitrogen and oxygen atoms in total. The monoisotopic (exact) mass is 208 g/mol. The molecule has 2 N–H and O–H groups in total. The van der Waals surface area contributed by atoms with Crippen molar-refractivity contribution in [2.75, 3.05) is 11.9 Å². The first-order valence-electron chi connectivity index (χ1n) is 5.29. The minimum Gasteiger partial charge on any atom is -0.310 e. The second-order valence-corrected chi connectivity index (χ2v) is 3.83. The second-order valence-electron chi connectivity index (χ2n) is 3.83. The van der Waals surface area contributed by atoms with Crippen molar-refractivity contribution >= 4 is 11.7 Å². The quantitative estimate of drug-likeness (QED) is 0.744. The van der Waals surface area contributed by atoms with Gasteiger partial charge in [-0.2, -0.15) is 5.10 Å². The summed E-state index contributed by atoms with van der Waals surface area (Å²) in [7, 11) is 1.81. The topological polar surface area (TPSA) is 59.0 Å². The maximum atomic E-state index is 11.8. The number of aryl methyl sites for hydroxylation is 1. The third-order valence-corrected chi connectivity index (χ3v) is 2.70. The number of nitrogens with zero attached hydrogens (tertiary/aromatic N) is 2. The van der Waals surface area contributed by atoms with E-state index in [1.807, 2.05) is 7.05 Å². The predicted molar refractivity (Wildman–Crippen MR) is 57.5 cm³/mol. The highest BCUT2D eigenvalue weighted by Gasteiger charge is 2.20. The van der Waals surface area contributed by atoms with Crippen molar-refractivity contribution in [1.29, 1.82) is 0 Å². The van der Waals surface area contributed by atoms with Crippen LogP contribution in [0.5, 0.6) is 0 Å². The van der Waals surface area contributed by atoms with Gasteiger partial charge in [-0.3, -0.25) is 9.48 Å². The molecule has 0 bridgehead atoms. The molecule has 0 spiro atoms. The van der Waals surface area contributed by atoms with Gasteiger partial charge in [0.05, 0.1) is 12.2 Å². The van der Waals surface area contributed by atoms with Crippen molar-refractivity contribution in [3.05, 3.63) is 12.3 Å². The molecule has 0 unspecified atom stereocenters. The molecule has 15 heavy (non-hydrogen) atoms. The number of hydrogen-bond acceptors (Lipinski definition) is 3. The van der Waals surface area contributed by atoms with Crippen LogP contribution >= 0.6 is 0 Å². The van der Waals surface area contributed by atoms with Crippen molar-refractivity contribution < 1.29 is 4.79 Å². The minimum atomic E-state index is -0.0475. The summed E-state index contributed by atoms with van der Waals surface area (Å²) in [5.41, 5.74) is 0. The van der Waals surface area contributed by atoms with Crippen LogP contribution in [0, 0.1) is 0 Å². The highest BCUT2D eigenvalue weighted by atomic mass is 16.2. The third kappa shape index (κ3) is 2.36. The van der Waals surface area contributed by atoms with Crippen molar-refractivity contribution in [3.8, 4) is 0 Å². The molecule has 1 aliphatic heterocycles. The molecule has 1 saturated heterocycles. The van der Waals surface area contributed by atoms with Crippen LogP contribution in [0.4, 0.5) is 5.82 Å². The number of carbonyl (C=O) groups is 1. The van der Waals surface area contributed by atoms with E-state index in [4.69, 9.17) is 0 Å². The molecule has 82 valence electrons. The van der Waals surface area contributed by atoms with E-state index in [1.165, 1.54) is 0 Å². The number of carbonyl (C=O) groups excluding carboxylic acids is 1. The average molecular weight is 208 g/mol. The molecule has 1 fully saturated rings. The summed E-state index contributed by atoms with van der Waals surface area (Å²) in [4.78, 5) is 11.8. The van der Waals surface area contributed by atoms with Crippen LogP contribution in [0.1, 0.15) is 19.3 Å². The standard InChI is InChI=1S/C10H16N4O/c1-14-9(5-7-12-14)13-10(15)8-4-2-3-6-11-8/h5,7-8,11H,2-4,6H2,1H3,(H,13,15)/t8-/m1/s1. The van der Waals surface area contributed by atoms with E-state index < -0.39 is 0 Å².